The minimum Gasteiger partial charge on any atom is -0.481 e. The van der Waals surface area contributed by atoms with Crippen LogP contribution in [0.25, 0.3) is 0 Å². The van der Waals surface area contributed by atoms with Crippen LogP contribution in [0.3, 0.4) is 0 Å². The normalized spacial score (nSPS) is 16.1. The fraction of sp³-hybridized carbons (Fsp3) is 0.333. The van der Waals surface area contributed by atoms with E-state index in [-0.39, 0.29) is 12.0 Å². The Morgan fingerprint density at radius 2 is 2.14 bits per heavy atom. The SMILES string of the molecule is CC(Oc1ccccc1)C(=O)N1CC(Oc2nccs2)C1. The molecule has 0 saturated carbocycles. The van der Waals surface area contributed by atoms with Crippen molar-refractivity contribution in [1.82, 2.24) is 9.88 Å². The van der Waals surface area contributed by atoms with Crippen molar-refractivity contribution >= 4 is 17.2 Å². The van der Waals surface area contributed by atoms with Crippen LogP contribution >= 0.6 is 11.3 Å². The molecule has 1 unspecified atom stereocenters. The molecule has 3 rings (SSSR count). The highest BCUT2D eigenvalue weighted by molar-refractivity contribution is 7.11. The van der Waals surface area contributed by atoms with Crippen LogP contribution in [-0.4, -0.2) is 41.1 Å². The van der Waals surface area contributed by atoms with Crippen LogP contribution < -0.4 is 9.47 Å². The first-order valence-electron chi connectivity index (χ1n) is 6.79. The van der Waals surface area contributed by atoms with Crippen molar-refractivity contribution in [3.05, 3.63) is 41.9 Å². The Balaban J connectivity index is 1.46. The summed E-state index contributed by atoms with van der Waals surface area (Å²) in [6, 6.07) is 9.36. The highest BCUT2D eigenvalue weighted by Crippen LogP contribution is 2.21. The van der Waals surface area contributed by atoms with Gasteiger partial charge in [0.1, 0.15) is 11.9 Å². The molecule has 1 aromatic carbocycles. The molecule has 110 valence electrons. The quantitative estimate of drug-likeness (QED) is 0.850. The van der Waals surface area contributed by atoms with Crippen molar-refractivity contribution in [1.29, 1.82) is 0 Å². The molecule has 0 bridgehead atoms. The number of hydrogen-bond donors (Lipinski definition) is 0. The molecule has 0 spiro atoms. The Kier molecular flexibility index (Phi) is 4.06. The highest BCUT2D eigenvalue weighted by atomic mass is 32.1. The maximum atomic E-state index is 12.2. The van der Waals surface area contributed by atoms with E-state index < -0.39 is 6.10 Å². The lowest BCUT2D eigenvalue weighted by atomic mass is 10.1. The smallest absolute Gasteiger partial charge is 0.273 e. The second kappa shape index (κ2) is 6.13. The van der Waals surface area contributed by atoms with Crippen molar-refractivity contribution < 1.29 is 14.3 Å². The first-order chi connectivity index (χ1) is 10.2. The molecule has 1 aliphatic rings. The van der Waals surface area contributed by atoms with Gasteiger partial charge in [0.2, 0.25) is 0 Å². The average molecular weight is 304 g/mol. The fourth-order valence-corrected chi connectivity index (χ4v) is 2.67. The number of benzene rings is 1. The standard InChI is InChI=1S/C15H16N2O3S/c1-11(19-12-5-3-2-4-6-12)14(18)17-9-13(10-17)20-15-16-7-8-21-15/h2-8,11,13H,9-10H2,1H3. The van der Waals surface area contributed by atoms with Crippen LogP contribution in [0.5, 0.6) is 10.9 Å². The summed E-state index contributed by atoms with van der Waals surface area (Å²) in [5.41, 5.74) is 0. The number of nitrogens with zero attached hydrogens (tertiary/aromatic N) is 2. The van der Waals surface area contributed by atoms with Crippen molar-refractivity contribution in [2.24, 2.45) is 0 Å². The Morgan fingerprint density at radius 1 is 1.38 bits per heavy atom. The number of hydrogen-bond acceptors (Lipinski definition) is 5. The molecule has 21 heavy (non-hydrogen) atoms. The third-order valence-corrected chi connectivity index (χ3v) is 3.90. The molecule has 1 fully saturated rings. The molecule has 6 heteroatoms. The van der Waals surface area contributed by atoms with Gasteiger partial charge in [-0.15, -0.1) is 0 Å². The minimum atomic E-state index is -0.492. The molecule has 1 saturated heterocycles. The number of thiazole rings is 1. The summed E-state index contributed by atoms with van der Waals surface area (Å²) in [6.07, 6.45) is 1.24. The van der Waals surface area contributed by atoms with E-state index in [2.05, 4.69) is 4.98 Å². The summed E-state index contributed by atoms with van der Waals surface area (Å²) >= 11 is 1.46. The van der Waals surface area contributed by atoms with E-state index in [0.717, 1.165) is 0 Å². The molecular weight excluding hydrogens is 288 g/mol. The number of ether oxygens (including phenoxy) is 2. The van der Waals surface area contributed by atoms with E-state index in [1.165, 1.54) is 11.3 Å². The van der Waals surface area contributed by atoms with Crippen molar-refractivity contribution in [2.75, 3.05) is 13.1 Å². The number of carbonyl (C=O) groups is 1. The van der Waals surface area contributed by atoms with Gasteiger partial charge in [0, 0.05) is 11.6 Å². The zero-order valence-corrected chi connectivity index (χ0v) is 12.5. The summed E-state index contributed by atoms with van der Waals surface area (Å²) in [7, 11) is 0. The van der Waals surface area contributed by atoms with Gasteiger partial charge in [0.25, 0.3) is 11.1 Å². The monoisotopic (exact) mass is 304 g/mol. The van der Waals surface area contributed by atoms with E-state index in [1.54, 1.807) is 18.0 Å². The Morgan fingerprint density at radius 3 is 2.81 bits per heavy atom. The van der Waals surface area contributed by atoms with Gasteiger partial charge in [-0.1, -0.05) is 29.5 Å². The average Bonchev–Trinajstić information content (AvgIpc) is 2.96. The lowest BCUT2D eigenvalue weighted by Gasteiger charge is -2.39. The molecule has 1 aliphatic heterocycles. The zero-order chi connectivity index (χ0) is 14.7. The minimum absolute atomic E-state index is 0.0159. The molecule has 0 N–H and O–H groups in total. The van der Waals surface area contributed by atoms with Crippen LogP contribution in [-0.2, 0) is 4.79 Å². The maximum absolute atomic E-state index is 12.2. The van der Waals surface area contributed by atoms with Gasteiger partial charge < -0.3 is 14.4 Å². The number of rotatable bonds is 5. The second-order valence-electron chi connectivity index (χ2n) is 4.85. The molecular formula is C15H16N2O3S. The van der Waals surface area contributed by atoms with E-state index in [4.69, 9.17) is 9.47 Å². The Bertz CT molecular complexity index is 582. The lowest BCUT2D eigenvalue weighted by Crippen LogP contribution is -2.58. The Hall–Kier alpha value is -2.08. The number of para-hydroxylation sites is 1. The zero-order valence-electron chi connectivity index (χ0n) is 11.6. The largest absolute Gasteiger partial charge is 0.481 e. The first kappa shape index (κ1) is 13.9. The van der Waals surface area contributed by atoms with Gasteiger partial charge in [0.15, 0.2) is 6.10 Å². The molecule has 0 radical (unpaired) electrons. The van der Waals surface area contributed by atoms with Crippen molar-refractivity contribution in [2.45, 2.75) is 19.1 Å². The number of carbonyl (C=O) groups excluding carboxylic acids is 1. The van der Waals surface area contributed by atoms with Gasteiger partial charge >= 0.3 is 0 Å². The van der Waals surface area contributed by atoms with Crippen molar-refractivity contribution in [3.63, 3.8) is 0 Å². The summed E-state index contributed by atoms with van der Waals surface area (Å²) in [4.78, 5) is 18.0. The number of amides is 1. The Labute approximate surface area is 127 Å². The van der Waals surface area contributed by atoms with Crippen LogP contribution in [0.1, 0.15) is 6.92 Å². The van der Waals surface area contributed by atoms with Crippen LogP contribution in [0.2, 0.25) is 0 Å². The third kappa shape index (κ3) is 3.33. The molecule has 5 nitrogen and oxygen atoms in total. The number of likely N-dealkylation sites (tertiary alicyclic amines) is 1. The highest BCUT2D eigenvalue weighted by Gasteiger charge is 2.35. The van der Waals surface area contributed by atoms with Gasteiger partial charge in [0.05, 0.1) is 13.1 Å². The predicted molar refractivity (Wildman–Crippen MR) is 79.6 cm³/mol. The summed E-state index contributed by atoms with van der Waals surface area (Å²) in [6.45, 7) is 2.94. The number of aromatic nitrogens is 1. The lowest BCUT2D eigenvalue weighted by molar-refractivity contribution is -0.146. The van der Waals surface area contributed by atoms with Crippen LogP contribution in [0.15, 0.2) is 41.9 Å². The molecule has 0 aliphatic carbocycles. The van der Waals surface area contributed by atoms with E-state index in [1.807, 2.05) is 35.7 Å². The second-order valence-corrected chi connectivity index (χ2v) is 5.71. The topological polar surface area (TPSA) is 51.7 Å². The molecule has 2 heterocycles. The molecule has 1 aromatic heterocycles. The van der Waals surface area contributed by atoms with E-state index >= 15 is 0 Å². The molecule has 2 aromatic rings. The first-order valence-corrected chi connectivity index (χ1v) is 7.67. The molecule has 1 amide bonds. The van der Waals surface area contributed by atoms with Crippen molar-refractivity contribution in [3.8, 4) is 10.9 Å². The van der Waals surface area contributed by atoms with Gasteiger partial charge in [-0.25, -0.2) is 4.98 Å². The summed E-state index contributed by atoms with van der Waals surface area (Å²) < 4.78 is 11.3. The van der Waals surface area contributed by atoms with Gasteiger partial charge in [-0.2, -0.15) is 0 Å². The third-order valence-electron chi connectivity index (χ3n) is 3.24. The summed E-state index contributed by atoms with van der Waals surface area (Å²) in [5.74, 6) is 0.687. The van der Waals surface area contributed by atoms with Gasteiger partial charge in [-0.05, 0) is 19.1 Å². The summed E-state index contributed by atoms with van der Waals surface area (Å²) in [5, 5.41) is 2.52. The maximum Gasteiger partial charge on any atom is 0.273 e. The molecule has 1 atom stereocenters. The van der Waals surface area contributed by atoms with Crippen LogP contribution in [0.4, 0.5) is 0 Å². The van der Waals surface area contributed by atoms with E-state index in [9.17, 15) is 4.79 Å². The van der Waals surface area contributed by atoms with Gasteiger partial charge in [-0.3, -0.25) is 4.79 Å². The fourth-order valence-electron chi connectivity index (χ4n) is 2.11. The predicted octanol–water partition coefficient (Wildman–Crippen LogP) is 2.20. The van der Waals surface area contributed by atoms with Crippen LogP contribution in [0, 0.1) is 0 Å². The van der Waals surface area contributed by atoms with E-state index in [0.29, 0.717) is 24.0 Å².